The Kier molecular flexibility index (Phi) is 3.61. The smallest absolute Gasteiger partial charge is 0.208 e. The van der Waals surface area contributed by atoms with E-state index >= 15 is 0 Å². The average molecular weight is 318 g/mol. The molecule has 1 aromatic carbocycles. The van der Waals surface area contributed by atoms with E-state index in [4.69, 9.17) is 0 Å². The minimum Gasteiger partial charge on any atom is -0.208 e. The molecule has 1 aromatic rings. The summed E-state index contributed by atoms with van der Waals surface area (Å²) in [6.45, 7) is 3.74. The van der Waals surface area contributed by atoms with Crippen LogP contribution in [0.3, 0.4) is 0 Å². The fraction of sp³-hybridized carbons (Fsp3) is 0.500. The summed E-state index contributed by atoms with van der Waals surface area (Å²) in [5.41, 5.74) is 0.767. The van der Waals surface area contributed by atoms with Gasteiger partial charge in [-0.1, -0.05) is 22.0 Å². The van der Waals surface area contributed by atoms with Gasteiger partial charge < -0.3 is 0 Å². The van der Waals surface area contributed by atoms with Crippen LogP contribution in [0.1, 0.15) is 25.3 Å². The van der Waals surface area contributed by atoms with E-state index in [0.29, 0.717) is 10.8 Å². The number of benzene rings is 1. The van der Waals surface area contributed by atoms with E-state index in [1.165, 1.54) is 0 Å². The van der Waals surface area contributed by atoms with Crippen LogP contribution in [0.4, 0.5) is 0 Å². The molecule has 0 aliphatic heterocycles. The third-order valence-corrected chi connectivity index (χ3v) is 5.30. The zero-order valence-corrected chi connectivity index (χ0v) is 12.3. The van der Waals surface area contributed by atoms with Gasteiger partial charge in [-0.3, -0.25) is 0 Å². The van der Waals surface area contributed by atoms with Crippen molar-refractivity contribution in [1.82, 2.24) is 4.72 Å². The minimum absolute atomic E-state index is 0.0263. The SMILES string of the molecule is Cc1ccc(Br)cc1S(=O)(=O)N[C@@H](C)C1CC1. The molecule has 0 radical (unpaired) electrons. The molecule has 0 spiro atoms. The standard InChI is InChI=1S/C12H16BrNO2S/c1-8-3-6-11(13)7-12(8)17(15,16)14-9(2)10-4-5-10/h3,6-7,9-10,14H,4-5H2,1-2H3/t9-/m0/s1. The molecule has 17 heavy (non-hydrogen) atoms. The van der Waals surface area contributed by atoms with Gasteiger partial charge in [0.05, 0.1) is 4.90 Å². The highest BCUT2D eigenvalue weighted by Crippen LogP contribution is 2.33. The summed E-state index contributed by atoms with van der Waals surface area (Å²) in [6.07, 6.45) is 2.25. The summed E-state index contributed by atoms with van der Waals surface area (Å²) >= 11 is 3.30. The molecule has 0 heterocycles. The first-order valence-corrected chi connectivity index (χ1v) is 7.96. The zero-order valence-electron chi connectivity index (χ0n) is 9.90. The molecule has 0 aromatic heterocycles. The summed E-state index contributed by atoms with van der Waals surface area (Å²) < 4.78 is 28.0. The molecule has 2 rings (SSSR count). The first kappa shape index (κ1) is 13.1. The van der Waals surface area contributed by atoms with Crippen molar-refractivity contribution >= 4 is 26.0 Å². The van der Waals surface area contributed by atoms with Gasteiger partial charge in [-0.15, -0.1) is 0 Å². The molecule has 1 atom stereocenters. The number of nitrogens with one attached hydrogen (secondary N) is 1. The topological polar surface area (TPSA) is 46.2 Å². The molecule has 1 saturated carbocycles. The highest BCUT2D eigenvalue weighted by Gasteiger charge is 2.31. The average Bonchev–Trinajstić information content (AvgIpc) is 3.04. The van der Waals surface area contributed by atoms with Crippen molar-refractivity contribution in [2.24, 2.45) is 5.92 Å². The molecule has 1 N–H and O–H groups in total. The van der Waals surface area contributed by atoms with Crippen LogP contribution < -0.4 is 4.72 Å². The van der Waals surface area contributed by atoms with Gasteiger partial charge in [0.1, 0.15) is 0 Å². The van der Waals surface area contributed by atoms with Crippen LogP contribution >= 0.6 is 15.9 Å². The molecular formula is C12H16BrNO2S. The fourth-order valence-electron chi connectivity index (χ4n) is 1.86. The Balaban J connectivity index is 2.27. The van der Waals surface area contributed by atoms with E-state index in [-0.39, 0.29) is 6.04 Å². The van der Waals surface area contributed by atoms with E-state index in [2.05, 4.69) is 20.7 Å². The highest BCUT2D eigenvalue weighted by atomic mass is 79.9. The lowest BCUT2D eigenvalue weighted by atomic mass is 10.2. The molecule has 1 fully saturated rings. The van der Waals surface area contributed by atoms with Crippen molar-refractivity contribution in [2.45, 2.75) is 37.6 Å². The van der Waals surface area contributed by atoms with Crippen molar-refractivity contribution in [3.63, 3.8) is 0 Å². The molecule has 0 saturated heterocycles. The van der Waals surface area contributed by atoms with Gasteiger partial charge in [-0.2, -0.15) is 0 Å². The van der Waals surface area contributed by atoms with Crippen molar-refractivity contribution < 1.29 is 8.42 Å². The Hall–Kier alpha value is -0.390. The predicted octanol–water partition coefficient (Wildman–Crippen LogP) is 2.83. The first-order valence-electron chi connectivity index (χ1n) is 5.68. The second kappa shape index (κ2) is 4.71. The lowest BCUT2D eigenvalue weighted by Gasteiger charge is -2.14. The quantitative estimate of drug-likeness (QED) is 0.928. The van der Waals surface area contributed by atoms with Crippen molar-refractivity contribution in [1.29, 1.82) is 0 Å². The second-order valence-corrected chi connectivity index (χ2v) is 7.26. The molecule has 1 aliphatic rings. The highest BCUT2D eigenvalue weighted by molar-refractivity contribution is 9.10. The zero-order chi connectivity index (χ0) is 12.6. The van der Waals surface area contributed by atoms with Crippen molar-refractivity contribution in [3.8, 4) is 0 Å². The largest absolute Gasteiger partial charge is 0.241 e. The summed E-state index contributed by atoms with van der Waals surface area (Å²) in [7, 11) is -3.40. The van der Waals surface area contributed by atoms with Gasteiger partial charge in [0, 0.05) is 10.5 Å². The molecule has 0 amide bonds. The van der Waals surface area contributed by atoms with E-state index in [1.807, 2.05) is 19.9 Å². The maximum absolute atomic E-state index is 12.2. The van der Waals surface area contributed by atoms with Gasteiger partial charge in [0.2, 0.25) is 10.0 Å². The number of aryl methyl sites for hydroxylation is 1. The van der Waals surface area contributed by atoms with Crippen LogP contribution in [-0.2, 0) is 10.0 Å². The number of hydrogen-bond donors (Lipinski definition) is 1. The Bertz CT molecular complexity index is 523. The third-order valence-electron chi connectivity index (χ3n) is 3.11. The van der Waals surface area contributed by atoms with Gasteiger partial charge in [-0.25, -0.2) is 13.1 Å². The van der Waals surface area contributed by atoms with E-state index in [0.717, 1.165) is 22.9 Å². The second-order valence-electron chi connectivity index (χ2n) is 4.66. The van der Waals surface area contributed by atoms with E-state index in [1.54, 1.807) is 12.1 Å². The van der Waals surface area contributed by atoms with Crippen LogP contribution in [0, 0.1) is 12.8 Å². The van der Waals surface area contributed by atoms with Crippen LogP contribution in [-0.4, -0.2) is 14.5 Å². The molecule has 3 nitrogen and oxygen atoms in total. The maximum atomic E-state index is 12.2. The van der Waals surface area contributed by atoms with Gasteiger partial charge in [-0.05, 0) is 50.3 Å². The monoisotopic (exact) mass is 317 g/mol. The first-order chi connectivity index (χ1) is 7.90. The Labute approximate surface area is 111 Å². The predicted molar refractivity (Wildman–Crippen MR) is 71.4 cm³/mol. The Morgan fingerprint density at radius 3 is 2.65 bits per heavy atom. The van der Waals surface area contributed by atoms with Crippen LogP contribution in [0.2, 0.25) is 0 Å². The van der Waals surface area contributed by atoms with Crippen molar-refractivity contribution in [2.75, 3.05) is 0 Å². The summed E-state index contributed by atoms with van der Waals surface area (Å²) in [6, 6.07) is 5.33. The number of sulfonamides is 1. The fourth-order valence-corrected chi connectivity index (χ4v) is 3.96. The van der Waals surface area contributed by atoms with E-state index in [9.17, 15) is 8.42 Å². The molecule has 0 unspecified atom stereocenters. The normalized spacial score (nSPS) is 18.1. The van der Waals surface area contributed by atoms with Crippen molar-refractivity contribution in [3.05, 3.63) is 28.2 Å². The molecule has 94 valence electrons. The van der Waals surface area contributed by atoms with E-state index < -0.39 is 10.0 Å². The number of rotatable bonds is 4. The third kappa shape index (κ3) is 3.09. The lowest BCUT2D eigenvalue weighted by Crippen LogP contribution is -2.34. The van der Waals surface area contributed by atoms with Gasteiger partial charge in [0.15, 0.2) is 0 Å². The van der Waals surface area contributed by atoms with Crippen LogP contribution in [0.25, 0.3) is 0 Å². The van der Waals surface area contributed by atoms with Crippen LogP contribution in [0.5, 0.6) is 0 Å². The van der Waals surface area contributed by atoms with Gasteiger partial charge >= 0.3 is 0 Å². The molecule has 5 heteroatoms. The maximum Gasteiger partial charge on any atom is 0.241 e. The molecular weight excluding hydrogens is 302 g/mol. The molecule has 1 aliphatic carbocycles. The number of hydrogen-bond acceptors (Lipinski definition) is 2. The number of halogens is 1. The van der Waals surface area contributed by atoms with Crippen LogP contribution in [0.15, 0.2) is 27.6 Å². The minimum atomic E-state index is -3.40. The molecule has 0 bridgehead atoms. The lowest BCUT2D eigenvalue weighted by molar-refractivity contribution is 0.537. The Morgan fingerprint density at radius 1 is 1.41 bits per heavy atom. The Morgan fingerprint density at radius 2 is 2.06 bits per heavy atom. The van der Waals surface area contributed by atoms with Gasteiger partial charge in [0.25, 0.3) is 0 Å². The summed E-state index contributed by atoms with van der Waals surface area (Å²) in [4.78, 5) is 0.361. The summed E-state index contributed by atoms with van der Waals surface area (Å²) in [5, 5.41) is 0. The summed E-state index contributed by atoms with van der Waals surface area (Å²) in [5.74, 6) is 0.511.